The Bertz CT molecular complexity index is 790. The third kappa shape index (κ3) is 4.98. The summed E-state index contributed by atoms with van der Waals surface area (Å²) in [5, 5.41) is 5.43. The van der Waals surface area contributed by atoms with Crippen LogP contribution in [0.2, 0.25) is 0 Å². The molecule has 2 N–H and O–H groups in total. The zero-order valence-electron chi connectivity index (χ0n) is 15.3. The molecule has 1 heterocycles. The SMILES string of the molecule is COc1ccc(S(=O)(=O)N2CCC[C@H](C(=O)NCC(=O)NC3CC3)C2)cc1. The Balaban J connectivity index is 1.58. The van der Waals surface area contributed by atoms with Gasteiger partial charge in [-0.05, 0) is 49.9 Å². The number of rotatable bonds is 7. The first-order valence-corrected chi connectivity index (χ1v) is 10.6. The highest BCUT2D eigenvalue weighted by molar-refractivity contribution is 7.89. The fourth-order valence-corrected chi connectivity index (χ4v) is 4.61. The third-order valence-electron chi connectivity index (χ3n) is 4.82. The van der Waals surface area contributed by atoms with E-state index in [-0.39, 0.29) is 35.8 Å². The molecule has 1 aromatic rings. The lowest BCUT2D eigenvalue weighted by molar-refractivity contribution is -0.129. The van der Waals surface area contributed by atoms with E-state index in [0.29, 0.717) is 25.1 Å². The summed E-state index contributed by atoms with van der Waals surface area (Å²) in [5.74, 6) is -0.366. The van der Waals surface area contributed by atoms with Gasteiger partial charge < -0.3 is 15.4 Å². The predicted octanol–water partition coefficient (Wildman–Crippen LogP) is 0.491. The number of benzene rings is 1. The highest BCUT2D eigenvalue weighted by Crippen LogP contribution is 2.25. The van der Waals surface area contributed by atoms with Gasteiger partial charge in [-0.15, -0.1) is 0 Å². The summed E-state index contributed by atoms with van der Waals surface area (Å²) in [6.07, 6.45) is 3.17. The van der Waals surface area contributed by atoms with Gasteiger partial charge in [-0.2, -0.15) is 4.31 Å². The van der Waals surface area contributed by atoms with E-state index in [1.807, 2.05) is 0 Å². The number of carbonyl (C=O) groups is 2. The van der Waals surface area contributed by atoms with Gasteiger partial charge in [0.1, 0.15) is 5.75 Å². The molecular formula is C18H25N3O5S. The maximum absolute atomic E-state index is 12.8. The first kappa shape index (κ1) is 19.6. The van der Waals surface area contributed by atoms with Crippen LogP contribution in [0.1, 0.15) is 25.7 Å². The maximum atomic E-state index is 12.8. The van der Waals surface area contributed by atoms with Crippen LogP contribution in [0.25, 0.3) is 0 Å². The fourth-order valence-electron chi connectivity index (χ4n) is 3.09. The summed E-state index contributed by atoms with van der Waals surface area (Å²) in [5.41, 5.74) is 0. The van der Waals surface area contributed by atoms with Crippen LogP contribution < -0.4 is 15.4 Å². The highest BCUT2D eigenvalue weighted by atomic mass is 32.2. The van der Waals surface area contributed by atoms with Crippen LogP contribution in [-0.4, -0.2) is 57.3 Å². The van der Waals surface area contributed by atoms with Crippen molar-refractivity contribution in [2.75, 3.05) is 26.7 Å². The third-order valence-corrected chi connectivity index (χ3v) is 6.70. The average Bonchev–Trinajstić information content (AvgIpc) is 3.50. The molecule has 3 rings (SSSR count). The number of methoxy groups -OCH3 is 1. The smallest absolute Gasteiger partial charge is 0.243 e. The molecule has 0 aromatic heterocycles. The van der Waals surface area contributed by atoms with Crippen LogP contribution in [0, 0.1) is 5.92 Å². The van der Waals surface area contributed by atoms with Gasteiger partial charge in [0.05, 0.1) is 24.5 Å². The van der Waals surface area contributed by atoms with Gasteiger partial charge in [0, 0.05) is 19.1 Å². The molecule has 27 heavy (non-hydrogen) atoms. The molecule has 8 nitrogen and oxygen atoms in total. The molecule has 0 unspecified atom stereocenters. The molecule has 1 aliphatic heterocycles. The molecule has 0 radical (unpaired) electrons. The second-order valence-electron chi connectivity index (χ2n) is 6.94. The number of piperidine rings is 1. The first-order valence-electron chi connectivity index (χ1n) is 9.11. The van der Waals surface area contributed by atoms with E-state index in [2.05, 4.69) is 10.6 Å². The lowest BCUT2D eigenvalue weighted by Gasteiger charge is -2.31. The summed E-state index contributed by atoms with van der Waals surface area (Å²) in [7, 11) is -2.16. The van der Waals surface area contributed by atoms with E-state index in [1.165, 1.54) is 23.5 Å². The quantitative estimate of drug-likeness (QED) is 0.699. The Morgan fingerprint density at radius 3 is 2.52 bits per heavy atom. The number of carbonyl (C=O) groups excluding carboxylic acids is 2. The summed E-state index contributed by atoms with van der Waals surface area (Å²) in [4.78, 5) is 24.2. The van der Waals surface area contributed by atoms with Crippen molar-refractivity contribution < 1.29 is 22.7 Å². The first-order chi connectivity index (χ1) is 12.9. The molecule has 2 aliphatic rings. The molecule has 1 saturated heterocycles. The topological polar surface area (TPSA) is 105 Å². The van der Waals surface area contributed by atoms with E-state index in [0.717, 1.165) is 12.8 Å². The minimum atomic E-state index is -3.67. The second kappa shape index (κ2) is 8.26. The molecule has 9 heteroatoms. The average molecular weight is 395 g/mol. The van der Waals surface area contributed by atoms with Crippen molar-refractivity contribution in [3.05, 3.63) is 24.3 Å². The Hall–Kier alpha value is -2.13. The van der Waals surface area contributed by atoms with Gasteiger partial charge in [0.2, 0.25) is 21.8 Å². The van der Waals surface area contributed by atoms with Crippen molar-refractivity contribution in [1.29, 1.82) is 0 Å². The molecule has 1 atom stereocenters. The molecule has 2 amide bonds. The van der Waals surface area contributed by atoms with E-state index in [1.54, 1.807) is 12.1 Å². The number of sulfonamides is 1. The molecule has 0 bridgehead atoms. The normalized spacial score (nSPS) is 20.7. The van der Waals surface area contributed by atoms with Gasteiger partial charge in [0.15, 0.2) is 0 Å². The summed E-state index contributed by atoms with van der Waals surface area (Å²) >= 11 is 0. The van der Waals surface area contributed by atoms with E-state index in [9.17, 15) is 18.0 Å². The van der Waals surface area contributed by atoms with E-state index < -0.39 is 15.9 Å². The number of hydrogen-bond donors (Lipinski definition) is 2. The van der Waals surface area contributed by atoms with Crippen LogP contribution in [-0.2, 0) is 19.6 Å². The van der Waals surface area contributed by atoms with E-state index in [4.69, 9.17) is 4.74 Å². The lowest BCUT2D eigenvalue weighted by atomic mass is 9.99. The number of amides is 2. The highest BCUT2D eigenvalue weighted by Gasteiger charge is 2.33. The van der Waals surface area contributed by atoms with Gasteiger partial charge in [-0.3, -0.25) is 9.59 Å². The van der Waals surface area contributed by atoms with Crippen LogP contribution in [0.5, 0.6) is 5.75 Å². The van der Waals surface area contributed by atoms with Crippen molar-refractivity contribution in [3.63, 3.8) is 0 Å². The van der Waals surface area contributed by atoms with Gasteiger partial charge >= 0.3 is 0 Å². The standard InChI is InChI=1S/C18H25N3O5S/c1-26-15-6-8-16(9-7-15)27(24,25)21-10-2-3-13(12-21)18(23)19-11-17(22)20-14-4-5-14/h6-9,13-14H,2-5,10-12H2,1H3,(H,19,23)(H,20,22)/t13-/m0/s1. The molecule has 2 fully saturated rings. The summed E-state index contributed by atoms with van der Waals surface area (Å²) in [6, 6.07) is 6.44. The van der Waals surface area contributed by atoms with Gasteiger partial charge in [-0.1, -0.05) is 0 Å². The molecule has 1 saturated carbocycles. The number of nitrogens with zero attached hydrogens (tertiary/aromatic N) is 1. The molecule has 1 aromatic carbocycles. The molecule has 1 aliphatic carbocycles. The fraction of sp³-hybridized carbons (Fsp3) is 0.556. The Kier molecular flexibility index (Phi) is 6.01. The monoisotopic (exact) mass is 395 g/mol. The predicted molar refractivity (Wildman–Crippen MR) is 98.7 cm³/mol. The number of ether oxygens (including phenoxy) is 1. The Morgan fingerprint density at radius 2 is 1.89 bits per heavy atom. The Morgan fingerprint density at radius 1 is 1.19 bits per heavy atom. The lowest BCUT2D eigenvalue weighted by Crippen LogP contribution is -2.47. The minimum absolute atomic E-state index is 0.0724. The van der Waals surface area contributed by atoms with Crippen molar-refractivity contribution >= 4 is 21.8 Å². The Labute approximate surface area is 159 Å². The maximum Gasteiger partial charge on any atom is 0.243 e. The van der Waals surface area contributed by atoms with Crippen molar-refractivity contribution in [3.8, 4) is 5.75 Å². The zero-order chi connectivity index (χ0) is 19.4. The summed E-state index contributed by atoms with van der Waals surface area (Å²) in [6.45, 7) is 0.418. The minimum Gasteiger partial charge on any atom is -0.497 e. The van der Waals surface area contributed by atoms with Crippen LogP contribution in [0.4, 0.5) is 0 Å². The zero-order valence-corrected chi connectivity index (χ0v) is 16.1. The van der Waals surface area contributed by atoms with Crippen LogP contribution in [0.15, 0.2) is 29.2 Å². The molecular weight excluding hydrogens is 370 g/mol. The van der Waals surface area contributed by atoms with Crippen molar-refractivity contribution in [2.24, 2.45) is 5.92 Å². The number of hydrogen-bond acceptors (Lipinski definition) is 5. The van der Waals surface area contributed by atoms with Crippen molar-refractivity contribution in [1.82, 2.24) is 14.9 Å². The van der Waals surface area contributed by atoms with Crippen molar-refractivity contribution in [2.45, 2.75) is 36.6 Å². The number of nitrogens with one attached hydrogen (secondary N) is 2. The van der Waals surface area contributed by atoms with Crippen LogP contribution >= 0.6 is 0 Å². The molecule has 0 spiro atoms. The van der Waals surface area contributed by atoms with E-state index >= 15 is 0 Å². The van der Waals surface area contributed by atoms with Crippen LogP contribution in [0.3, 0.4) is 0 Å². The summed E-state index contributed by atoms with van der Waals surface area (Å²) < 4.78 is 32.1. The largest absolute Gasteiger partial charge is 0.497 e. The second-order valence-corrected chi connectivity index (χ2v) is 8.88. The molecule has 148 valence electrons. The van der Waals surface area contributed by atoms with Gasteiger partial charge in [0.25, 0.3) is 0 Å². The van der Waals surface area contributed by atoms with Gasteiger partial charge in [-0.25, -0.2) is 8.42 Å².